The van der Waals surface area contributed by atoms with E-state index in [1.165, 1.54) is 0 Å². The summed E-state index contributed by atoms with van der Waals surface area (Å²) in [6.07, 6.45) is 1.70. The van der Waals surface area contributed by atoms with E-state index in [0.717, 1.165) is 28.6 Å². The average Bonchev–Trinajstić information content (AvgIpc) is 2.33. The van der Waals surface area contributed by atoms with Gasteiger partial charge < -0.3 is 10.1 Å². The van der Waals surface area contributed by atoms with Crippen molar-refractivity contribution in [1.29, 1.82) is 0 Å². The standard InChI is InChI=1S/C14H20BrNO2/c1-4-6-12(14(17)18-5-2)16-13-9-11(15)8-7-10(13)3/h7-9,12,16H,4-6H2,1-3H3. The quantitative estimate of drug-likeness (QED) is 0.809. The lowest BCUT2D eigenvalue weighted by molar-refractivity contribution is -0.144. The van der Waals surface area contributed by atoms with Crippen LogP contribution < -0.4 is 5.32 Å². The van der Waals surface area contributed by atoms with Crippen LogP contribution in [0.1, 0.15) is 32.3 Å². The predicted molar refractivity (Wildman–Crippen MR) is 77.8 cm³/mol. The molecule has 1 N–H and O–H groups in total. The third kappa shape index (κ3) is 4.33. The van der Waals surface area contributed by atoms with Crippen molar-refractivity contribution in [2.24, 2.45) is 0 Å². The highest BCUT2D eigenvalue weighted by Crippen LogP contribution is 2.22. The van der Waals surface area contributed by atoms with Gasteiger partial charge in [0, 0.05) is 10.2 Å². The van der Waals surface area contributed by atoms with Crippen molar-refractivity contribution < 1.29 is 9.53 Å². The van der Waals surface area contributed by atoms with E-state index >= 15 is 0 Å². The number of esters is 1. The van der Waals surface area contributed by atoms with Crippen LogP contribution in [0.4, 0.5) is 5.69 Å². The predicted octanol–water partition coefficient (Wildman–Crippen LogP) is 3.90. The van der Waals surface area contributed by atoms with E-state index in [9.17, 15) is 4.79 Å². The minimum Gasteiger partial charge on any atom is -0.464 e. The van der Waals surface area contributed by atoms with Crippen molar-refractivity contribution in [1.82, 2.24) is 0 Å². The fourth-order valence-electron chi connectivity index (χ4n) is 1.72. The van der Waals surface area contributed by atoms with Gasteiger partial charge in [0.15, 0.2) is 0 Å². The smallest absolute Gasteiger partial charge is 0.328 e. The summed E-state index contributed by atoms with van der Waals surface area (Å²) in [7, 11) is 0. The van der Waals surface area contributed by atoms with E-state index in [4.69, 9.17) is 4.74 Å². The Hall–Kier alpha value is -1.03. The maximum Gasteiger partial charge on any atom is 0.328 e. The fraction of sp³-hybridized carbons (Fsp3) is 0.500. The second kappa shape index (κ2) is 7.41. The van der Waals surface area contributed by atoms with Gasteiger partial charge >= 0.3 is 5.97 Å². The summed E-state index contributed by atoms with van der Waals surface area (Å²) in [5.74, 6) is -0.182. The minimum absolute atomic E-state index is 0.182. The number of anilines is 1. The molecule has 0 fully saturated rings. The van der Waals surface area contributed by atoms with Gasteiger partial charge in [-0.2, -0.15) is 0 Å². The third-order valence-electron chi connectivity index (χ3n) is 2.68. The molecule has 3 nitrogen and oxygen atoms in total. The van der Waals surface area contributed by atoms with Crippen LogP contribution in [0.5, 0.6) is 0 Å². The molecule has 100 valence electrons. The summed E-state index contributed by atoms with van der Waals surface area (Å²) < 4.78 is 6.08. The maximum absolute atomic E-state index is 11.8. The van der Waals surface area contributed by atoms with E-state index in [1.54, 1.807) is 0 Å². The average molecular weight is 314 g/mol. The first kappa shape index (κ1) is 15.0. The number of hydrogen-bond donors (Lipinski definition) is 1. The number of halogens is 1. The number of benzene rings is 1. The molecular formula is C14H20BrNO2. The second-order valence-corrected chi connectivity index (χ2v) is 5.11. The lowest BCUT2D eigenvalue weighted by Crippen LogP contribution is -2.31. The molecule has 0 bridgehead atoms. The van der Waals surface area contributed by atoms with Crippen LogP contribution in [0.25, 0.3) is 0 Å². The molecule has 1 atom stereocenters. The molecular weight excluding hydrogens is 294 g/mol. The highest BCUT2D eigenvalue weighted by atomic mass is 79.9. The molecule has 0 aromatic heterocycles. The van der Waals surface area contributed by atoms with Gasteiger partial charge in [-0.25, -0.2) is 4.79 Å². The molecule has 0 aliphatic rings. The van der Waals surface area contributed by atoms with Crippen molar-refractivity contribution in [3.63, 3.8) is 0 Å². The summed E-state index contributed by atoms with van der Waals surface area (Å²) in [4.78, 5) is 11.8. The van der Waals surface area contributed by atoms with Crippen LogP contribution in [0.2, 0.25) is 0 Å². The first-order valence-corrected chi connectivity index (χ1v) is 7.07. The Morgan fingerprint density at radius 1 is 1.44 bits per heavy atom. The van der Waals surface area contributed by atoms with Gasteiger partial charge in [0.2, 0.25) is 0 Å². The summed E-state index contributed by atoms with van der Waals surface area (Å²) >= 11 is 3.44. The summed E-state index contributed by atoms with van der Waals surface area (Å²) in [5.41, 5.74) is 2.08. The highest BCUT2D eigenvalue weighted by molar-refractivity contribution is 9.10. The van der Waals surface area contributed by atoms with Crippen LogP contribution in [0.15, 0.2) is 22.7 Å². The molecule has 0 heterocycles. The van der Waals surface area contributed by atoms with Gasteiger partial charge in [-0.05, 0) is 38.0 Å². The maximum atomic E-state index is 11.8. The number of aryl methyl sites for hydroxylation is 1. The molecule has 0 amide bonds. The molecule has 1 rings (SSSR count). The molecule has 0 saturated carbocycles. The lowest BCUT2D eigenvalue weighted by Gasteiger charge is -2.19. The Balaban J connectivity index is 2.82. The molecule has 18 heavy (non-hydrogen) atoms. The van der Waals surface area contributed by atoms with Crippen molar-refractivity contribution in [2.45, 2.75) is 39.7 Å². The van der Waals surface area contributed by atoms with E-state index in [-0.39, 0.29) is 12.0 Å². The first-order valence-electron chi connectivity index (χ1n) is 6.27. The minimum atomic E-state index is -0.275. The molecule has 1 unspecified atom stereocenters. The van der Waals surface area contributed by atoms with Crippen molar-refractivity contribution in [2.75, 3.05) is 11.9 Å². The summed E-state index contributed by atoms with van der Waals surface area (Å²) in [5, 5.41) is 3.27. The molecule has 0 aliphatic carbocycles. The van der Waals surface area contributed by atoms with Gasteiger partial charge in [0.25, 0.3) is 0 Å². The SMILES string of the molecule is CCCC(Nc1cc(Br)ccc1C)C(=O)OCC. The van der Waals surface area contributed by atoms with E-state index in [1.807, 2.05) is 32.0 Å². The first-order chi connectivity index (χ1) is 8.58. The van der Waals surface area contributed by atoms with Gasteiger partial charge in [-0.15, -0.1) is 0 Å². The van der Waals surface area contributed by atoms with Gasteiger partial charge in [0.1, 0.15) is 6.04 Å². The molecule has 0 spiro atoms. The largest absolute Gasteiger partial charge is 0.464 e. The number of nitrogens with one attached hydrogen (secondary N) is 1. The van der Waals surface area contributed by atoms with Crippen LogP contribution in [0.3, 0.4) is 0 Å². The topological polar surface area (TPSA) is 38.3 Å². The molecule has 0 saturated heterocycles. The Labute approximate surface area is 117 Å². The monoisotopic (exact) mass is 313 g/mol. The Bertz CT molecular complexity index is 407. The molecule has 4 heteroatoms. The summed E-state index contributed by atoms with van der Waals surface area (Å²) in [6.45, 7) is 6.31. The number of carbonyl (C=O) groups excluding carboxylic acids is 1. The van der Waals surface area contributed by atoms with E-state index in [2.05, 4.69) is 28.2 Å². The van der Waals surface area contributed by atoms with Crippen molar-refractivity contribution >= 4 is 27.6 Å². The normalized spacial score (nSPS) is 12.0. The Morgan fingerprint density at radius 3 is 2.78 bits per heavy atom. The number of carbonyl (C=O) groups is 1. The number of hydrogen-bond acceptors (Lipinski definition) is 3. The van der Waals surface area contributed by atoms with Crippen LogP contribution in [-0.2, 0) is 9.53 Å². The second-order valence-electron chi connectivity index (χ2n) is 4.20. The van der Waals surface area contributed by atoms with Crippen molar-refractivity contribution in [3.05, 3.63) is 28.2 Å². The number of rotatable bonds is 6. The zero-order valence-corrected chi connectivity index (χ0v) is 12.7. The summed E-state index contributed by atoms with van der Waals surface area (Å²) in [6, 6.07) is 5.71. The zero-order valence-electron chi connectivity index (χ0n) is 11.1. The van der Waals surface area contributed by atoms with Gasteiger partial charge in [-0.3, -0.25) is 0 Å². The lowest BCUT2D eigenvalue weighted by atomic mass is 10.1. The van der Waals surface area contributed by atoms with E-state index < -0.39 is 0 Å². The molecule has 0 aliphatic heterocycles. The highest BCUT2D eigenvalue weighted by Gasteiger charge is 2.19. The fourth-order valence-corrected chi connectivity index (χ4v) is 2.08. The zero-order chi connectivity index (χ0) is 13.5. The van der Waals surface area contributed by atoms with Crippen LogP contribution >= 0.6 is 15.9 Å². The molecule has 1 aromatic carbocycles. The number of ether oxygens (including phenoxy) is 1. The molecule has 0 radical (unpaired) electrons. The van der Waals surface area contributed by atoms with Crippen LogP contribution in [-0.4, -0.2) is 18.6 Å². The Kier molecular flexibility index (Phi) is 6.19. The van der Waals surface area contributed by atoms with Gasteiger partial charge in [0.05, 0.1) is 6.61 Å². The van der Waals surface area contributed by atoms with Crippen molar-refractivity contribution in [3.8, 4) is 0 Å². The molecule has 1 aromatic rings. The Morgan fingerprint density at radius 2 is 2.17 bits per heavy atom. The van der Waals surface area contributed by atoms with E-state index in [0.29, 0.717) is 6.61 Å². The third-order valence-corrected chi connectivity index (χ3v) is 3.17. The van der Waals surface area contributed by atoms with Gasteiger partial charge in [-0.1, -0.05) is 35.3 Å². The van der Waals surface area contributed by atoms with Crippen LogP contribution in [0, 0.1) is 6.92 Å².